The van der Waals surface area contributed by atoms with Crippen molar-refractivity contribution in [2.24, 2.45) is 0 Å². The van der Waals surface area contributed by atoms with Gasteiger partial charge in [-0.25, -0.2) is 9.97 Å². The van der Waals surface area contributed by atoms with Crippen LogP contribution in [0.5, 0.6) is 0 Å². The monoisotopic (exact) mass is 361 g/mol. The number of aromatic nitrogens is 2. The van der Waals surface area contributed by atoms with Crippen molar-refractivity contribution in [1.82, 2.24) is 20.2 Å². The first-order valence-electron chi connectivity index (χ1n) is 8.23. The number of benzene rings is 1. The Morgan fingerprint density at radius 3 is 2.68 bits per heavy atom. The molecule has 1 fully saturated rings. The van der Waals surface area contributed by atoms with Crippen LogP contribution in [-0.4, -0.2) is 48.0 Å². The quantitative estimate of drug-likeness (QED) is 0.855. The number of halogens is 1. The van der Waals surface area contributed by atoms with Crippen LogP contribution in [0, 0.1) is 0 Å². The highest BCUT2D eigenvalue weighted by Crippen LogP contribution is 2.26. The van der Waals surface area contributed by atoms with E-state index in [4.69, 9.17) is 0 Å². The second kappa shape index (κ2) is 8.78. The summed E-state index contributed by atoms with van der Waals surface area (Å²) in [4.78, 5) is 23.0. The standard InChI is InChI=1S/C18H23N5O.ClH/c1-19-18-21-9-13(10-22-18)12-23(2)17(24)16-6-4-3-5-15(16)14-7-8-20-11-14;/h3-6,9-10,14,20H,7-8,11-12H2,1-2H3,(H,19,21,22);1H. The minimum atomic E-state index is 0. The molecule has 3 rings (SSSR count). The molecule has 1 aromatic heterocycles. The predicted octanol–water partition coefficient (Wildman–Crippen LogP) is 2.29. The third kappa shape index (κ3) is 4.46. The first-order chi connectivity index (χ1) is 11.7. The maximum atomic E-state index is 12.9. The molecule has 1 aliphatic rings. The largest absolute Gasteiger partial charge is 0.357 e. The van der Waals surface area contributed by atoms with Crippen LogP contribution in [0.2, 0.25) is 0 Å². The number of nitrogens with one attached hydrogen (secondary N) is 2. The van der Waals surface area contributed by atoms with Gasteiger partial charge in [0, 0.05) is 50.7 Å². The first kappa shape index (κ1) is 19.1. The van der Waals surface area contributed by atoms with E-state index in [9.17, 15) is 4.79 Å². The number of hydrogen-bond acceptors (Lipinski definition) is 5. The van der Waals surface area contributed by atoms with Gasteiger partial charge in [-0.2, -0.15) is 0 Å². The van der Waals surface area contributed by atoms with E-state index in [-0.39, 0.29) is 18.3 Å². The van der Waals surface area contributed by atoms with Crippen molar-refractivity contribution in [3.8, 4) is 0 Å². The Labute approximate surface area is 154 Å². The molecule has 2 heterocycles. The Morgan fingerprint density at radius 2 is 2.04 bits per heavy atom. The van der Waals surface area contributed by atoms with Gasteiger partial charge in [0.05, 0.1) is 0 Å². The zero-order chi connectivity index (χ0) is 16.9. The fraction of sp³-hybridized carbons (Fsp3) is 0.389. The maximum Gasteiger partial charge on any atom is 0.254 e. The zero-order valence-corrected chi connectivity index (χ0v) is 15.3. The van der Waals surface area contributed by atoms with Crippen molar-refractivity contribution in [1.29, 1.82) is 0 Å². The van der Waals surface area contributed by atoms with Gasteiger partial charge in [0.15, 0.2) is 0 Å². The first-order valence-corrected chi connectivity index (χ1v) is 8.23. The number of hydrogen-bond donors (Lipinski definition) is 2. The Bertz CT molecular complexity index is 701. The molecule has 1 atom stereocenters. The summed E-state index contributed by atoms with van der Waals surface area (Å²) in [5, 5.41) is 6.26. The van der Waals surface area contributed by atoms with Gasteiger partial charge in [-0.15, -0.1) is 12.4 Å². The third-order valence-corrected chi connectivity index (χ3v) is 4.39. The molecule has 25 heavy (non-hydrogen) atoms. The van der Waals surface area contributed by atoms with Crippen molar-refractivity contribution >= 4 is 24.3 Å². The van der Waals surface area contributed by atoms with E-state index < -0.39 is 0 Å². The van der Waals surface area contributed by atoms with Crippen LogP contribution in [0.4, 0.5) is 5.95 Å². The SMILES string of the molecule is CNc1ncc(CN(C)C(=O)c2ccccc2C2CCNC2)cn1.Cl. The Hall–Kier alpha value is -2.18. The van der Waals surface area contributed by atoms with Crippen molar-refractivity contribution in [2.45, 2.75) is 18.9 Å². The van der Waals surface area contributed by atoms with Gasteiger partial charge < -0.3 is 15.5 Å². The van der Waals surface area contributed by atoms with E-state index in [2.05, 4.69) is 26.7 Å². The third-order valence-electron chi connectivity index (χ3n) is 4.39. The second-order valence-corrected chi connectivity index (χ2v) is 6.10. The number of amides is 1. The summed E-state index contributed by atoms with van der Waals surface area (Å²) in [7, 11) is 3.59. The lowest BCUT2D eigenvalue weighted by Crippen LogP contribution is -2.28. The van der Waals surface area contributed by atoms with Crippen LogP contribution in [0.1, 0.15) is 33.8 Å². The number of rotatable bonds is 5. The summed E-state index contributed by atoms with van der Waals surface area (Å²) in [6, 6.07) is 7.93. The van der Waals surface area contributed by atoms with Crippen LogP contribution in [0.3, 0.4) is 0 Å². The average Bonchev–Trinajstić information content (AvgIpc) is 3.16. The van der Waals surface area contributed by atoms with Gasteiger partial charge in [0.2, 0.25) is 5.95 Å². The lowest BCUT2D eigenvalue weighted by atomic mass is 9.93. The van der Waals surface area contributed by atoms with E-state index in [1.807, 2.05) is 25.2 Å². The zero-order valence-electron chi connectivity index (χ0n) is 14.5. The lowest BCUT2D eigenvalue weighted by Gasteiger charge is -2.21. The topological polar surface area (TPSA) is 70.2 Å². The predicted molar refractivity (Wildman–Crippen MR) is 101 cm³/mol. The highest BCUT2D eigenvalue weighted by atomic mass is 35.5. The normalized spacial score (nSPS) is 16.2. The maximum absolute atomic E-state index is 12.9. The van der Waals surface area contributed by atoms with E-state index in [0.717, 1.165) is 36.2 Å². The van der Waals surface area contributed by atoms with Gasteiger partial charge in [-0.1, -0.05) is 18.2 Å². The molecule has 2 N–H and O–H groups in total. The molecule has 2 aromatic rings. The molecule has 6 nitrogen and oxygen atoms in total. The molecule has 1 amide bonds. The summed E-state index contributed by atoms with van der Waals surface area (Å²) in [5.41, 5.74) is 2.84. The van der Waals surface area contributed by atoms with Crippen molar-refractivity contribution in [3.63, 3.8) is 0 Å². The summed E-state index contributed by atoms with van der Waals surface area (Å²) in [6.07, 6.45) is 4.57. The smallest absolute Gasteiger partial charge is 0.254 e. The molecule has 0 spiro atoms. The molecule has 1 aromatic carbocycles. The summed E-state index contributed by atoms with van der Waals surface area (Å²) >= 11 is 0. The number of carbonyl (C=O) groups excluding carboxylic acids is 1. The van der Waals surface area contributed by atoms with E-state index in [0.29, 0.717) is 18.4 Å². The molecule has 1 unspecified atom stereocenters. The van der Waals surface area contributed by atoms with Gasteiger partial charge in [-0.3, -0.25) is 4.79 Å². The molecule has 0 bridgehead atoms. The highest BCUT2D eigenvalue weighted by Gasteiger charge is 2.23. The molecule has 1 saturated heterocycles. The van der Waals surface area contributed by atoms with Gasteiger partial charge in [0.25, 0.3) is 5.91 Å². The number of carbonyl (C=O) groups is 1. The molecule has 0 saturated carbocycles. The molecule has 0 radical (unpaired) electrons. The van der Waals surface area contributed by atoms with Gasteiger partial charge >= 0.3 is 0 Å². The summed E-state index contributed by atoms with van der Waals surface area (Å²) < 4.78 is 0. The molecule has 7 heteroatoms. The summed E-state index contributed by atoms with van der Waals surface area (Å²) in [5.74, 6) is 1.03. The Kier molecular flexibility index (Phi) is 6.73. The molecule has 134 valence electrons. The van der Waals surface area contributed by atoms with Gasteiger partial charge in [0.1, 0.15) is 0 Å². The lowest BCUT2D eigenvalue weighted by molar-refractivity contribution is 0.0783. The average molecular weight is 362 g/mol. The van der Waals surface area contributed by atoms with Crippen molar-refractivity contribution < 1.29 is 4.79 Å². The Morgan fingerprint density at radius 1 is 1.32 bits per heavy atom. The van der Waals surface area contributed by atoms with Gasteiger partial charge in [-0.05, 0) is 30.5 Å². The minimum absolute atomic E-state index is 0. The highest BCUT2D eigenvalue weighted by molar-refractivity contribution is 5.95. The van der Waals surface area contributed by atoms with Crippen LogP contribution in [-0.2, 0) is 6.54 Å². The van der Waals surface area contributed by atoms with E-state index in [1.165, 1.54) is 0 Å². The van der Waals surface area contributed by atoms with Crippen LogP contribution < -0.4 is 10.6 Å². The molecular formula is C18H24ClN5O. The fourth-order valence-electron chi connectivity index (χ4n) is 3.08. The number of nitrogens with zero attached hydrogens (tertiary/aromatic N) is 3. The second-order valence-electron chi connectivity index (χ2n) is 6.10. The van der Waals surface area contributed by atoms with Crippen LogP contribution in [0.15, 0.2) is 36.7 Å². The molecular weight excluding hydrogens is 338 g/mol. The number of anilines is 1. The van der Waals surface area contributed by atoms with Crippen LogP contribution in [0.25, 0.3) is 0 Å². The minimum Gasteiger partial charge on any atom is -0.357 e. The van der Waals surface area contributed by atoms with Crippen molar-refractivity contribution in [2.75, 3.05) is 32.5 Å². The Balaban J connectivity index is 0.00000225. The van der Waals surface area contributed by atoms with E-state index >= 15 is 0 Å². The van der Waals surface area contributed by atoms with E-state index in [1.54, 1.807) is 24.3 Å². The van der Waals surface area contributed by atoms with Crippen LogP contribution >= 0.6 is 12.4 Å². The van der Waals surface area contributed by atoms with Crippen molar-refractivity contribution in [3.05, 3.63) is 53.3 Å². The fourth-order valence-corrected chi connectivity index (χ4v) is 3.08. The summed E-state index contributed by atoms with van der Waals surface area (Å²) in [6.45, 7) is 2.44. The molecule has 1 aliphatic heterocycles. The molecule has 0 aliphatic carbocycles.